The molecule has 0 amide bonds. The van der Waals surface area contributed by atoms with Crippen molar-refractivity contribution in [3.05, 3.63) is 29.3 Å². The smallest absolute Gasteiger partial charge is 0.115 e. The molecule has 0 saturated carbocycles. The van der Waals surface area contributed by atoms with Gasteiger partial charge in [-0.25, -0.2) is 0 Å². The predicted octanol–water partition coefficient (Wildman–Crippen LogP) is 1.68. The zero-order valence-corrected chi connectivity index (χ0v) is 5.76. The van der Waals surface area contributed by atoms with E-state index in [9.17, 15) is 0 Å². The first-order valence-corrected chi connectivity index (χ1v) is 3.00. The van der Waals surface area contributed by atoms with E-state index < -0.39 is 0 Å². The lowest BCUT2D eigenvalue weighted by molar-refractivity contribution is 0.475. The van der Waals surface area contributed by atoms with Crippen LogP contribution in [0.4, 0.5) is 0 Å². The molecule has 1 rings (SSSR count). The topological polar surface area (TPSA) is 20.2 Å². The van der Waals surface area contributed by atoms with Crippen molar-refractivity contribution >= 4 is 0 Å². The summed E-state index contributed by atoms with van der Waals surface area (Å²) in [7, 11) is 0. The number of hydrogen-bond acceptors (Lipinski definition) is 1. The number of phenols is 1. The van der Waals surface area contributed by atoms with Gasteiger partial charge < -0.3 is 5.11 Å². The lowest BCUT2D eigenvalue weighted by atomic mass is 10.1. The van der Waals surface area contributed by atoms with Crippen LogP contribution < -0.4 is 0 Å². The summed E-state index contributed by atoms with van der Waals surface area (Å²) in [4.78, 5) is 0. The Morgan fingerprint density at radius 3 is 2.70 bits per heavy atom. The van der Waals surface area contributed by atoms with Gasteiger partial charge in [-0.05, 0) is 30.7 Å². The summed E-state index contributed by atoms with van der Waals surface area (Å²) in [5, 5.41) is 8.96. The second kappa shape index (κ2) is 2.45. The van der Waals surface area contributed by atoms with E-state index in [1.54, 1.807) is 18.2 Å². The van der Waals surface area contributed by atoms with Crippen LogP contribution in [0.2, 0.25) is 0 Å². The van der Waals surface area contributed by atoms with Crippen molar-refractivity contribution in [3.8, 4) is 18.1 Å². The van der Waals surface area contributed by atoms with Gasteiger partial charge in [0.25, 0.3) is 0 Å². The van der Waals surface area contributed by atoms with Crippen molar-refractivity contribution in [2.75, 3.05) is 0 Å². The van der Waals surface area contributed by atoms with Crippen LogP contribution in [0.15, 0.2) is 18.2 Å². The zero-order chi connectivity index (χ0) is 7.56. The first-order chi connectivity index (χ1) is 4.74. The minimum absolute atomic E-state index is 0.261. The van der Waals surface area contributed by atoms with Gasteiger partial charge in [0, 0.05) is 5.56 Å². The van der Waals surface area contributed by atoms with E-state index >= 15 is 0 Å². The van der Waals surface area contributed by atoms with E-state index in [4.69, 9.17) is 11.5 Å². The van der Waals surface area contributed by atoms with Crippen molar-refractivity contribution in [2.45, 2.75) is 6.92 Å². The Balaban J connectivity index is 3.23. The minimum atomic E-state index is 0.261. The average Bonchev–Trinajstić information content (AvgIpc) is 1.88. The molecule has 1 N–H and O–H groups in total. The molecule has 1 heteroatoms. The van der Waals surface area contributed by atoms with Gasteiger partial charge in [-0.3, -0.25) is 0 Å². The van der Waals surface area contributed by atoms with E-state index in [0.717, 1.165) is 11.1 Å². The minimum Gasteiger partial charge on any atom is -0.508 e. The van der Waals surface area contributed by atoms with Gasteiger partial charge in [-0.2, -0.15) is 0 Å². The molecule has 0 saturated heterocycles. The lowest BCUT2D eigenvalue weighted by Crippen LogP contribution is -1.79. The number of rotatable bonds is 0. The van der Waals surface area contributed by atoms with Crippen LogP contribution in [0.25, 0.3) is 0 Å². The van der Waals surface area contributed by atoms with E-state index in [0.29, 0.717) is 0 Å². The quantitative estimate of drug-likeness (QED) is 0.532. The number of hydrogen-bond donors (Lipinski definition) is 1. The van der Waals surface area contributed by atoms with Gasteiger partial charge in [0.05, 0.1) is 0 Å². The molecule has 0 aromatic heterocycles. The van der Waals surface area contributed by atoms with Crippen molar-refractivity contribution < 1.29 is 5.11 Å². The number of terminal acetylenes is 1. The lowest BCUT2D eigenvalue weighted by Gasteiger charge is -1.96. The molecule has 1 nitrogen and oxygen atoms in total. The highest BCUT2D eigenvalue weighted by Crippen LogP contribution is 2.13. The van der Waals surface area contributed by atoms with Gasteiger partial charge in [0.2, 0.25) is 0 Å². The molecule has 1 aromatic carbocycles. The highest BCUT2D eigenvalue weighted by molar-refractivity contribution is 5.42. The summed E-state index contributed by atoms with van der Waals surface area (Å²) in [6.45, 7) is 1.87. The van der Waals surface area contributed by atoms with Crippen LogP contribution in [0.1, 0.15) is 11.1 Å². The maximum Gasteiger partial charge on any atom is 0.115 e. The first kappa shape index (κ1) is 6.70. The fourth-order valence-electron chi connectivity index (χ4n) is 0.810. The maximum atomic E-state index is 8.96. The number of aryl methyl sites for hydroxylation is 1. The van der Waals surface area contributed by atoms with Crippen molar-refractivity contribution in [1.29, 1.82) is 0 Å². The summed E-state index contributed by atoms with van der Waals surface area (Å²) >= 11 is 0. The standard InChI is InChI=1S/C9H8O/c1-3-8-4-5-9(10)6-7(8)2/h1,4-6,10H,2H3. The summed E-state index contributed by atoms with van der Waals surface area (Å²) in [5.74, 6) is 2.77. The van der Waals surface area contributed by atoms with Crippen LogP contribution in [-0.2, 0) is 0 Å². The fraction of sp³-hybridized carbons (Fsp3) is 0.111. The number of phenolic OH excluding ortho intramolecular Hbond substituents is 1. The molecule has 0 radical (unpaired) electrons. The molecule has 0 spiro atoms. The number of benzene rings is 1. The summed E-state index contributed by atoms with van der Waals surface area (Å²) in [6, 6.07) is 4.96. The molecule has 0 aliphatic carbocycles. The first-order valence-electron chi connectivity index (χ1n) is 3.00. The molecule has 50 valence electrons. The average molecular weight is 132 g/mol. The van der Waals surface area contributed by atoms with Crippen molar-refractivity contribution in [3.63, 3.8) is 0 Å². The SMILES string of the molecule is C#Cc1ccc(O)cc1C. The Hall–Kier alpha value is -1.42. The van der Waals surface area contributed by atoms with E-state index in [1.807, 2.05) is 6.92 Å². The van der Waals surface area contributed by atoms with E-state index in [2.05, 4.69) is 5.92 Å². The van der Waals surface area contributed by atoms with Gasteiger partial charge in [0.15, 0.2) is 0 Å². The van der Waals surface area contributed by atoms with Crippen LogP contribution in [0, 0.1) is 19.3 Å². The second-order valence-corrected chi connectivity index (χ2v) is 2.14. The van der Waals surface area contributed by atoms with Gasteiger partial charge in [-0.1, -0.05) is 5.92 Å². The highest BCUT2D eigenvalue weighted by atomic mass is 16.3. The molecule has 0 heterocycles. The molecular weight excluding hydrogens is 124 g/mol. The Morgan fingerprint density at radius 2 is 2.20 bits per heavy atom. The second-order valence-electron chi connectivity index (χ2n) is 2.14. The Morgan fingerprint density at radius 1 is 1.50 bits per heavy atom. The van der Waals surface area contributed by atoms with Crippen LogP contribution >= 0.6 is 0 Å². The molecule has 0 unspecified atom stereocenters. The van der Waals surface area contributed by atoms with Crippen molar-refractivity contribution in [1.82, 2.24) is 0 Å². The summed E-state index contributed by atoms with van der Waals surface area (Å²) < 4.78 is 0. The maximum absolute atomic E-state index is 8.96. The summed E-state index contributed by atoms with van der Waals surface area (Å²) in [6.07, 6.45) is 5.17. The van der Waals surface area contributed by atoms with Gasteiger partial charge >= 0.3 is 0 Å². The van der Waals surface area contributed by atoms with E-state index in [-0.39, 0.29) is 5.75 Å². The third-order valence-corrected chi connectivity index (χ3v) is 1.37. The Labute approximate surface area is 60.3 Å². The largest absolute Gasteiger partial charge is 0.508 e. The zero-order valence-electron chi connectivity index (χ0n) is 5.76. The molecule has 0 aliphatic rings. The molecular formula is C9H8O. The molecule has 0 aliphatic heterocycles. The monoisotopic (exact) mass is 132 g/mol. The Bertz CT molecular complexity index is 281. The molecule has 0 atom stereocenters. The fourth-order valence-corrected chi connectivity index (χ4v) is 0.810. The van der Waals surface area contributed by atoms with Crippen molar-refractivity contribution in [2.24, 2.45) is 0 Å². The third-order valence-electron chi connectivity index (χ3n) is 1.37. The third kappa shape index (κ3) is 1.11. The predicted molar refractivity (Wildman–Crippen MR) is 40.8 cm³/mol. The molecule has 0 bridgehead atoms. The van der Waals surface area contributed by atoms with Crippen LogP contribution in [-0.4, -0.2) is 5.11 Å². The summed E-state index contributed by atoms with van der Waals surface area (Å²) in [5.41, 5.74) is 1.76. The highest BCUT2D eigenvalue weighted by Gasteiger charge is 1.93. The van der Waals surface area contributed by atoms with Crippen LogP contribution in [0.3, 0.4) is 0 Å². The Kier molecular flexibility index (Phi) is 1.64. The molecule has 0 fully saturated rings. The molecule has 1 aromatic rings. The van der Waals surface area contributed by atoms with Crippen LogP contribution in [0.5, 0.6) is 5.75 Å². The van der Waals surface area contributed by atoms with E-state index in [1.165, 1.54) is 0 Å². The molecule has 10 heavy (non-hydrogen) atoms. The number of aromatic hydroxyl groups is 1. The van der Waals surface area contributed by atoms with Gasteiger partial charge in [-0.15, -0.1) is 6.42 Å². The van der Waals surface area contributed by atoms with Gasteiger partial charge in [0.1, 0.15) is 5.75 Å². The normalized spacial score (nSPS) is 8.80.